The molecule has 0 spiro atoms. The van der Waals surface area contributed by atoms with Crippen LogP contribution in [0.1, 0.15) is 54.4 Å². The minimum Gasteiger partial charge on any atom is -0.0837 e. The third-order valence-corrected chi connectivity index (χ3v) is 8.91. The van der Waals surface area contributed by atoms with E-state index in [0.717, 1.165) is 0 Å². The Labute approximate surface area is 127 Å². The van der Waals surface area contributed by atoms with Crippen molar-refractivity contribution in [3.63, 3.8) is 0 Å². The highest BCUT2D eigenvalue weighted by atomic mass is 28.2. The topological polar surface area (TPSA) is 0 Å². The van der Waals surface area contributed by atoms with Gasteiger partial charge in [0.05, 0.1) is 9.52 Å². The van der Waals surface area contributed by atoms with E-state index in [4.69, 9.17) is 0 Å². The van der Waals surface area contributed by atoms with E-state index in [1.807, 2.05) is 5.20 Å². The molecular weight excluding hydrogens is 256 g/mol. The van der Waals surface area contributed by atoms with Crippen LogP contribution < -0.4 is 0 Å². The van der Waals surface area contributed by atoms with Crippen LogP contribution in [-0.4, -0.2) is 9.52 Å². The second-order valence-corrected chi connectivity index (χ2v) is 8.91. The maximum atomic E-state index is 2.52. The average molecular weight is 287 g/mol. The van der Waals surface area contributed by atoms with Crippen LogP contribution in [-0.2, 0) is 0 Å². The maximum Gasteiger partial charge on any atom is 0.0511 e. The summed E-state index contributed by atoms with van der Waals surface area (Å²) in [5.41, 5.74) is 5.31. The summed E-state index contributed by atoms with van der Waals surface area (Å²) in [6, 6.07) is 1.44. The monoisotopic (exact) mass is 286 g/mol. The third-order valence-electron chi connectivity index (χ3n) is 6.11. The molecular formula is C19H30Si. The summed E-state index contributed by atoms with van der Waals surface area (Å²) >= 11 is 0. The molecule has 0 aromatic heterocycles. The molecule has 0 fully saturated rings. The lowest BCUT2D eigenvalue weighted by molar-refractivity contribution is 0.224. The molecule has 0 aliphatic heterocycles. The summed E-state index contributed by atoms with van der Waals surface area (Å²) in [4.78, 5) is 0. The molecule has 20 heavy (non-hydrogen) atoms. The van der Waals surface area contributed by atoms with Crippen LogP contribution in [0, 0.1) is 10.8 Å². The molecule has 2 unspecified atom stereocenters. The maximum absolute atomic E-state index is 2.52. The molecule has 0 amide bonds. The van der Waals surface area contributed by atoms with Gasteiger partial charge >= 0.3 is 0 Å². The van der Waals surface area contributed by atoms with E-state index in [0.29, 0.717) is 0 Å². The third kappa shape index (κ3) is 2.11. The van der Waals surface area contributed by atoms with Gasteiger partial charge in [-0.25, -0.2) is 0 Å². The van der Waals surface area contributed by atoms with Crippen LogP contribution in [0.4, 0.5) is 0 Å². The van der Waals surface area contributed by atoms with Crippen molar-refractivity contribution in [1.29, 1.82) is 0 Å². The number of hydrogen-bond donors (Lipinski definition) is 0. The minimum atomic E-state index is -0.130. The summed E-state index contributed by atoms with van der Waals surface area (Å²) in [6.07, 6.45) is 11.8. The molecule has 2 atom stereocenters. The van der Waals surface area contributed by atoms with Crippen LogP contribution in [0.5, 0.6) is 0 Å². The fraction of sp³-hybridized carbons (Fsp3) is 0.579. The number of hydrogen-bond acceptors (Lipinski definition) is 0. The van der Waals surface area contributed by atoms with Crippen molar-refractivity contribution in [1.82, 2.24) is 0 Å². The molecule has 2 aliphatic carbocycles. The first kappa shape index (κ1) is 15.6. The lowest BCUT2D eigenvalue weighted by Crippen LogP contribution is -2.39. The van der Waals surface area contributed by atoms with Gasteiger partial charge in [0.15, 0.2) is 0 Å². The van der Waals surface area contributed by atoms with Gasteiger partial charge in [0.1, 0.15) is 0 Å². The van der Waals surface area contributed by atoms with Crippen LogP contribution in [0.3, 0.4) is 0 Å². The predicted molar refractivity (Wildman–Crippen MR) is 93.8 cm³/mol. The van der Waals surface area contributed by atoms with E-state index in [1.54, 1.807) is 16.7 Å². The Bertz CT molecular complexity index is 518. The normalized spacial score (nSPS) is 34.1. The summed E-state index contributed by atoms with van der Waals surface area (Å²) in [7, 11) is -0.130. The number of allylic oxidation sites excluding steroid dienone is 8. The van der Waals surface area contributed by atoms with Gasteiger partial charge in [-0.3, -0.25) is 0 Å². The SMILES string of the molecule is CCC[SiH2]C1=C(C)C(C)=C(C)C1(C)C1(C)C=CC=CC1. The highest BCUT2D eigenvalue weighted by Gasteiger charge is 2.49. The van der Waals surface area contributed by atoms with Gasteiger partial charge in [0.2, 0.25) is 0 Å². The first-order chi connectivity index (χ1) is 9.38. The molecule has 0 nitrogen and oxygen atoms in total. The minimum absolute atomic E-state index is 0.130. The van der Waals surface area contributed by atoms with Crippen molar-refractivity contribution < 1.29 is 0 Å². The zero-order valence-corrected chi connectivity index (χ0v) is 15.6. The zero-order chi connectivity index (χ0) is 15.0. The van der Waals surface area contributed by atoms with Gasteiger partial charge in [-0.1, -0.05) is 73.9 Å². The molecule has 1 heteroatoms. The van der Waals surface area contributed by atoms with Gasteiger partial charge in [0, 0.05) is 10.8 Å². The average Bonchev–Trinajstić information content (AvgIpc) is 2.61. The second-order valence-electron chi connectivity index (χ2n) is 6.99. The molecule has 0 aromatic carbocycles. The highest BCUT2D eigenvalue weighted by molar-refractivity contribution is 6.46. The summed E-state index contributed by atoms with van der Waals surface area (Å²) < 4.78 is 0. The Kier molecular flexibility index (Phi) is 4.29. The van der Waals surface area contributed by atoms with Crippen molar-refractivity contribution in [3.8, 4) is 0 Å². The summed E-state index contributed by atoms with van der Waals surface area (Å²) in [6.45, 7) is 14.4. The molecule has 0 bridgehead atoms. The van der Waals surface area contributed by atoms with Crippen LogP contribution in [0.25, 0.3) is 0 Å². The lowest BCUT2D eigenvalue weighted by Gasteiger charge is -2.47. The fourth-order valence-corrected chi connectivity index (χ4v) is 6.66. The van der Waals surface area contributed by atoms with Gasteiger partial charge in [-0.2, -0.15) is 0 Å². The zero-order valence-electron chi connectivity index (χ0n) is 14.1. The van der Waals surface area contributed by atoms with Crippen molar-refractivity contribution in [2.24, 2.45) is 10.8 Å². The molecule has 2 rings (SSSR count). The molecule has 2 aliphatic rings. The Hall–Kier alpha value is -0.823. The standard InChI is InChI=1S/C19H30Si/c1-7-13-20-17-15(3)14(2)16(4)19(17,6)18(5)11-9-8-10-12-18/h8-11H,7,12-13,20H2,1-6H3. The smallest absolute Gasteiger partial charge is 0.0511 e. The van der Waals surface area contributed by atoms with E-state index >= 15 is 0 Å². The largest absolute Gasteiger partial charge is 0.0837 e. The fourth-order valence-electron chi connectivity index (χ4n) is 4.15. The van der Waals surface area contributed by atoms with Crippen LogP contribution >= 0.6 is 0 Å². The second kappa shape index (κ2) is 5.52. The molecule has 0 saturated heterocycles. The Morgan fingerprint density at radius 2 is 1.80 bits per heavy atom. The first-order valence-electron chi connectivity index (χ1n) is 8.11. The van der Waals surface area contributed by atoms with E-state index in [2.05, 4.69) is 65.8 Å². The van der Waals surface area contributed by atoms with Crippen LogP contribution in [0.2, 0.25) is 6.04 Å². The molecule has 0 radical (unpaired) electrons. The molecule has 0 heterocycles. The molecule has 0 saturated carbocycles. The number of rotatable bonds is 4. The van der Waals surface area contributed by atoms with Crippen LogP contribution in [0.15, 0.2) is 46.2 Å². The van der Waals surface area contributed by atoms with Gasteiger partial charge in [-0.15, -0.1) is 0 Å². The predicted octanol–water partition coefficient (Wildman–Crippen LogP) is 5.14. The Morgan fingerprint density at radius 1 is 1.10 bits per heavy atom. The summed E-state index contributed by atoms with van der Waals surface area (Å²) in [5, 5.41) is 1.83. The molecule has 0 N–H and O–H groups in total. The Morgan fingerprint density at radius 3 is 2.35 bits per heavy atom. The quantitative estimate of drug-likeness (QED) is 0.628. The van der Waals surface area contributed by atoms with Crippen molar-refractivity contribution in [2.45, 2.75) is 60.4 Å². The molecule has 0 aromatic rings. The van der Waals surface area contributed by atoms with Crippen molar-refractivity contribution in [3.05, 3.63) is 46.2 Å². The Balaban J connectivity index is 2.51. The van der Waals surface area contributed by atoms with Gasteiger partial charge in [0.25, 0.3) is 0 Å². The van der Waals surface area contributed by atoms with E-state index < -0.39 is 0 Å². The molecule has 110 valence electrons. The first-order valence-corrected chi connectivity index (χ1v) is 9.82. The van der Waals surface area contributed by atoms with E-state index in [9.17, 15) is 0 Å². The van der Waals surface area contributed by atoms with E-state index in [-0.39, 0.29) is 20.3 Å². The van der Waals surface area contributed by atoms with Crippen molar-refractivity contribution in [2.75, 3.05) is 0 Å². The van der Waals surface area contributed by atoms with E-state index in [1.165, 1.54) is 18.9 Å². The van der Waals surface area contributed by atoms with Crippen molar-refractivity contribution >= 4 is 9.52 Å². The highest BCUT2D eigenvalue weighted by Crippen LogP contribution is 2.59. The van der Waals surface area contributed by atoms with Gasteiger partial charge in [-0.05, 0) is 32.8 Å². The van der Waals surface area contributed by atoms with Gasteiger partial charge < -0.3 is 0 Å². The summed E-state index contributed by atoms with van der Waals surface area (Å²) in [5.74, 6) is 0. The lowest BCUT2D eigenvalue weighted by atomic mass is 9.60.